The maximum atomic E-state index is 12.5. The molecule has 2 aromatic rings. The number of hydrogen-bond acceptors (Lipinski definition) is 4. The van der Waals surface area contributed by atoms with Gasteiger partial charge in [-0.2, -0.15) is 0 Å². The largest absolute Gasteiger partial charge is 0.480 e. The molecule has 0 radical (unpaired) electrons. The second-order valence-electron chi connectivity index (χ2n) is 5.85. The molecule has 1 atom stereocenters. The van der Waals surface area contributed by atoms with E-state index in [1.807, 2.05) is 11.4 Å². The van der Waals surface area contributed by atoms with Crippen molar-refractivity contribution in [2.45, 2.75) is 25.4 Å². The fraction of sp³-hybridized carbons (Fsp3) is 0.278. The zero-order chi connectivity index (χ0) is 17.8. The quantitative estimate of drug-likeness (QED) is 0.859. The molecule has 2 heterocycles. The summed E-state index contributed by atoms with van der Waals surface area (Å²) < 4.78 is 0. The van der Waals surface area contributed by atoms with Crippen LogP contribution in [0.25, 0.3) is 0 Å². The topological polar surface area (TPSA) is 86.7 Å². The number of carbonyl (C=O) groups is 3. The van der Waals surface area contributed by atoms with E-state index in [2.05, 4.69) is 5.32 Å². The Kier molecular flexibility index (Phi) is 5.14. The molecular formula is C18H18N2O4S. The Morgan fingerprint density at radius 3 is 2.60 bits per heavy atom. The van der Waals surface area contributed by atoms with E-state index < -0.39 is 12.0 Å². The van der Waals surface area contributed by atoms with Crippen molar-refractivity contribution in [2.24, 2.45) is 0 Å². The predicted octanol–water partition coefficient (Wildman–Crippen LogP) is 2.37. The summed E-state index contributed by atoms with van der Waals surface area (Å²) in [4.78, 5) is 37.7. The molecule has 1 aromatic heterocycles. The number of carboxylic acid groups (broad SMARTS) is 1. The van der Waals surface area contributed by atoms with E-state index in [-0.39, 0.29) is 11.8 Å². The molecule has 7 heteroatoms. The van der Waals surface area contributed by atoms with Crippen molar-refractivity contribution in [3.63, 3.8) is 0 Å². The minimum atomic E-state index is -0.959. The van der Waals surface area contributed by atoms with Crippen LogP contribution in [0.3, 0.4) is 0 Å². The first-order chi connectivity index (χ1) is 12.1. The predicted molar refractivity (Wildman–Crippen MR) is 93.6 cm³/mol. The SMILES string of the molecule is O=C(NCc1ccc(C(=O)N2CCCC2C(=O)O)cc1)c1cccs1. The summed E-state index contributed by atoms with van der Waals surface area (Å²) in [6, 6.07) is 9.73. The van der Waals surface area contributed by atoms with E-state index in [0.717, 1.165) is 5.56 Å². The highest BCUT2D eigenvalue weighted by atomic mass is 32.1. The van der Waals surface area contributed by atoms with E-state index in [0.29, 0.717) is 36.4 Å². The van der Waals surface area contributed by atoms with Gasteiger partial charge in [-0.15, -0.1) is 11.3 Å². The van der Waals surface area contributed by atoms with Gasteiger partial charge in [-0.05, 0) is 42.0 Å². The Morgan fingerprint density at radius 2 is 1.96 bits per heavy atom. The molecule has 1 aromatic carbocycles. The van der Waals surface area contributed by atoms with Crippen molar-refractivity contribution in [3.05, 3.63) is 57.8 Å². The van der Waals surface area contributed by atoms with Crippen LogP contribution in [-0.4, -0.2) is 40.4 Å². The highest BCUT2D eigenvalue weighted by Crippen LogP contribution is 2.20. The molecule has 0 spiro atoms. The van der Waals surface area contributed by atoms with Crippen molar-refractivity contribution in [3.8, 4) is 0 Å². The molecule has 2 amide bonds. The normalized spacial score (nSPS) is 16.6. The van der Waals surface area contributed by atoms with Crippen LogP contribution in [0.1, 0.15) is 38.4 Å². The summed E-state index contributed by atoms with van der Waals surface area (Å²) in [6.07, 6.45) is 1.20. The summed E-state index contributed by atoms with van der Waals surface area (Å²) >= 11 is 1.38. The highest BCUT2D eigenvalue weighted by molar-refractivity contribution is 7.12. The molecule has 0 saturated carbocycles. The summed E-state index contributed by atoms with van der Waals surface area (Å²) in [7, 11) is 0. The summed E-state index contributed by atoms with van der Waals surface area (Å²) in [5.41, 5.74) is 1.33. The van der Waals surface area contributed by atoms with Crippen molar-refractivity contribution in [1.29, 1.82) is 0 Å². The number of amides is 2. The molecule has 1 aliphatic rings. The Bertz CT molecular complexity index is 771. The van der Waals surface area contributed by atoms with Gasteiger partial charge in [-0.1, -0.05) is 18.2 Å². The average molecular weight is 358 g/mol. The van der Waals surface area contributed by atoms with Gasteiger partial charge in [0.2, 0.25) is 0 Å². The lowest BCUT2D eigenvalue weighted by molar-refractivity contribution is -0.141. The zero-order valence-electron chi connectivity index (χ0n) is 13.5. The number of aliphatic carboxylic acids is 1. The highest BCUT2D eigenvalue weighted by Gasteiger charge is 2.34. The first-order valence-electron chi connectivity index (χ1n) is 8.00. The third kappa shape index (κ3) is 3.88. The standard InChI is InChI=1S/C18H18N2O4S/c21-16(15-4-2-10-25-15)19-11-12-5-7-13(8-6-12)17(22)20-9-1-3-14(20)18(23)24/h2,4-8,10,14H,1,3,9,11H2,(H,19,21)(H,23,24). The van der Waals surface area contributed by atoms with Crippen LogP contribution in [-0.2, 0) is 11.3 Å². The van der Waals surface area contributed by atoms with Crippen LogP contribution in [0, 0.1) is 0 Å². The second-order valence-corrected chi connectivity index (χ2v) is 6.80. The number of carbonyl (C=O) groups excluding carboxylic acids is 2. The van der Waals surface area contributed by atoms with Gasteiger partial charge in [0.05, 0.1) is 4.88 Å². The van der Waals surface area contributed by atoms with Gasteiger partial charge in [0.1, 0.15) is 6.04 Å². The van der Waals surface area contributed by atoms with Crippen molar-refractivity contribution < 1.29 is 19.5 Å². The van der Waals surface area contributed by atoms with Gasteiger partial charge < -0.3 is 15.3 Å². The molecule has 130 valence electrons. The smallest absolute Gasteiger partial charge is 0.326 e. The lowest BCUT2D eigenvalue weighted by atomic mass is 10.1. The van der Waals surface area contributed by atoms with Crippen LogP contribution in [0.15, 0.2) is 41.8 Å². The van der Waals surface area contributed by atoms with Crippen molar-refractivity contribution >= 4 is 29.1 Å². The van der Waals surface area contributed by atoms with Gasteiger partial charge in [-0.25, -0.2) is 4.79 Å². The van der Waals surface area contributed by atoms with Crippen LogP contribution < -0.4 is 5.32 Å². The van der Waals surface area contributed by atoms with Crippen molar-refractivity contribution in [2.75, 3.05) is 6.54 Å². The minimum absolute atomic E-state index is 0.128. The van der Waals surface area contributed by atoms with E-state index in [4.69, 9.17) is 0 Å². The van der Waals surface area contributed by atoms with Crippen molar-refractivity contribution in [1.82, 2.24) is 10.2 Å². The monoisotopic (exact) mass is 358 g/mol. The van der Waals surface area contributed by atoms with E-state index >= 15 is 0 Å². The maximum Gasteiger partial charge on any atom is 0.326 e. The zero-order valence-corrected chi connectivity index (χ0v) is 14.3. The maximum absolute atomic E-state index is 12.5. The van der Waals surface area contributed by atoms with Crippen LogP contribution >= 0.6 is 11.3 Å². The van der Waals surface area contributed by atoms with Crippen LogP contribution in [0.4, 0.5) is 0 Å². The molecule has 3 rings (SSSR count). The van der Waals surface area contributed by atoms with E-state index in [1.165, 1.54) is 16.2 Å². The fourth-order valence-electron chi connectivity index (χ4n) is 2.87. The average Bonchev–Trinajstić information content (AvgIpc) is 3.30. The molecule has 1 unspecified atom stereocenters. The Balaban J connectivity index is 1.61. The fourth-order valence-corrected chi connectivity index (χ4v) is 3.51. The van der Waals surface area contributed by atoms with Gasteiger partial charge in [0.25, 0.3) is 11.8 Å². The number of nitrogens with zero attached hydrogens (tertiary/aromatic N) is 1. The number of thiophene rings is 1. The van der Waals surface area contributed by atoms with Gasteiger partial charge >= 0.3 is 5.97 Å². The Hall–Kier alpha value is -2.67. The summed E-state index contributed by atoms with van der Waals surface area (Å²) in [5, 5.41) is 13.9. The number of likely N-dealkylation sites (tertiary alicyclic amines) is 1. The lowest BCUT2D eigenvalue weighted by Gasteiger charge is -2.21. The number of nitrogens with one attached hydrogen (secondary N) is 1. The molecular weight excluding hydrogens is 340 g/mol. The third-order valence-electron chi connectivity index (χ3n) is 4.20. The minimum Gasteiger partial charge on any atom is -0.480 e. The molecule has 1 saturated heterocycles. The third-order valence-corrected chi connectivity index (χ3v) is 5.07. The molecule has 1 fully saturated rings. The number of benzene rings is 1. The van der Waals surface area contributed by atoms with Gasteiger partial charge in [0.15, 0.2) is 0 Å². The molecule has 6 nitrogen and oxygen atoms in total. The molecule has 0 bridgehead atoms. The van der Waals surface area contributed by atoms with E-state index in [9.17, 15) is 19.5 Å². The first kappa shape index (κ1) is 17.2. The number of hydrogen-bond donors (Lipinski definition) is 2. The molecule has 25 heavy (non-hydrogen) atoms. The number of rotatable bonds is 5. The van der Waals surface area contributed by atoms with Gasteiger partial charge in [0, 0.05) is 18.7 Å². The Labute approximate surface area is 149 Å². The molecule has 1 aliphatic heterocycles. The van der Waals surface area contributed by atoms with Crippen LogP contribution in [0.5, 0.6) is 0 Å². The first-order valence-corrected chi connectivity index (χ1v) is 8.88. The lowest BCUT2D eigenvalue weighted by Crippen LogP contribution is -2.40. The van der Waals surface area contributed by atoms with Gasteiger partial charge in [-0.3, -0.25) is 9.59 Å². The number of carboxylic acids is 1. The summed E-state index contributed by atoms with van der Waals surface area (Å²) in [6.45, 7) is 0.834. The Morgan fingerprint density at radius 1 is 1.20 bits per heavy atom. The summed E-state index contributed by atoms with van der Waals surface area (Å²) in [5.74, 6) is -1.35. The molecule has 2 N–H and O–H groups in total. The second kappa shape index (κ2) is 7.48. The molecule has 0 aliphatic carbocycles. The van der Waals surface area contributed by atoms with Crippen LogP contribution in [0.2, 0.25) is 0 Å². The van der Waals surface area contributed by atoms with E-state index in [1.54, 1.807) is 30.3 Å².